The summed E-state index contributed by atoms with van der Waals surface area (Å²) < 4.78 is 0. The van der Waals surface area contributed by atoms with Crippen LogP contribution in [0.2, 0.25) is 0 Å². The Hall–Kier alpha value is -1.06. The summed E-state index contributed by atoms with van der Waals surface area (Å²) in [6.07, 6.45) is 0. The molecule has 0 aliphatic carbocycles. The molecular weight excluding hydrogens is 132 g/mol. The van der Waals surface area contributed by atoms with Gasteiger partial charge in [-0.05, 0) is 13.8 Å². The molecule has 0 spiro atoms. The highest BCUT2D eigenvalue weighted by Gasteiger charge is 2.30. The van der Waals surface area contributed by atoms with Crippen LogP contribution in [-0.2, 0) is 9.59 Å². The maximum atomic E-state index is 10.7. The van der Waals surface area contributed by atoms with E-state index in [2.05, 4.69) is 10.6 Å². The zero-order valence-corrected chi connectivity index (χ0v) is 6.02. The van der Waals surface area contributed by atoms with Crippen LogP contribution in [-0.4, -0.2) is 23.9 Å². The first-order valence-electron chi connectivity index (χ1n) is 3.12. The van der Waals surface area contributed by atoms with Crippen molar-refractivity contribution in [3.63, 3.8) is 0 Å². The lowest BCUT2D eigenvalue weighted by Crippen LogP contribution is -2.61. The highest BCUT2D eigenvalue weighted by atomic mass is 16.2. The molecule has 0 unspecified atom stereocenters. The molecule has 0 bridgehead atoms. The molecule has 0 aromatic heterocycles. The van der Waals surface area contributed by atoms with Crippen molar-refractivity contribution in [3.8, 4) is 0 Å². The van der Waals surface area contributed by atoms with Crippen molar-refractivity contribution in [2.75, 3.05) is 6.54 Å². The summed E-state index contributed by atoms with van der Waals surface area (Å²) in [7, 11) is 0. The minimum absolute atomic E-state index is 0.301. The third-order valence-electron chi connectivity index (χ3n) is 1.35. The molecule has 0 aromatic carbocycles. The Bertz CT molecular complexity index is 186. The maximum absolute atomic E-state index is 10.7. The smallest absolute Gasteiger partial charge is 0.309 e. The van der Waals surface area contributed by atoms with Crippen LogP contribution in [0.15, 0.2) is 0 Å². The summed E-state index contributed by atoms with van der Waals surface area (Å²) in [5.74, 6) is -1.09. The van der Waals surface area contributed by atoms with Crippen LogP contribution >= 0.6 is 0 Å². The predicted molar refractivity (Wildman–Crippen MR) is 35.2 cm³/mol. The fourth-order valence-electron chi connectivity index (χ4n) is 0.790. The second-order valence-corrected chi connectivity index (χ2v) is 3.02. The number of hydrogen-bond acceptors (Lipinski definition) is 2. The van der Waals surface area contributed by atoms with Gasteiger partial charge in [0.2, 0.25) is 0 Å². The molecule has 2 N–H and O–H groups in total. The van der Waals surface area contributed by atoms with E-state index in [1.54, 1.807) is 0 Å². The number of carbonyl (C=O) groups is 2. The average Bonchev–Trinajstić information content (AvgIpc) is 1.79. The molecule has 4 nitrogen and oxygen atoms in total. The Balaban J connectivity index is 2.66. The van der Waals surface area contributed by atoms with E-state index in [1.807, 2.05) is 13.8 Å². The van der Waals surface area contributed by atoms with Gasteiger partial charge in [-0.3, -0.25) is 9.59 Å². The molecule has 1 aliphatic rings. The fraction of sp³-hybridized carbons (Fsp3) is 0.667. The van der Waals surface area contributed by atoms with E-state index in [4.69, 9.17) is 0 Å². The molecular formula is C6H10N2O2. The summed E-state index contributed by atoms with van der Waals surface area (Å²) in [4.78, 5) is 21.2. The van der Waals surface area contributed by atoms with Crippen molar-refractivity contribution >= 4 is 11.8 Å². The molecule has 56 valence electrons. The monoisotopic (exact) mass is 142 g/mol. The Labute approximate surface area is 59.0 Å². The van der Waals surface area contributed by atoms with Crippen LogP contribution in [0.5, 0.6) is 0 Å². The summed E-state index contributed by atoms with van der Waals surface area (Å²) in [6.45, 7) is 4.20. The van der Waals surface area contributed by atoms with Gasteiger partial charge in [0.15, 0.2) is 0 Å². The Kier molecular flexibility index (Phi) is 1.39. The standard InChI is InChI=1S/C6H10N2O2/c1-6(2)3-7-4(9)5(10)8-6/h3H2,1-2H3,(H,7,9)(H,8,10). The number of amides is 2. The van der Waals surface area contributed by atoms with E-state index < -0.39 is 11.8 Å². The number of rotatable bonds is 0. The van der Waals surface area contributed by atoms with Gasteiger partial charge in [0.25, 0.3) is 0 Å². The third kappa shape index (κ3) is 1.26. The second kappa shape index (κ2) is 1.97. The van der Waals surface area contributed by atoms with E-state index >= 15 is 0 Å². The highest BCUT2D eigenvalue weighted by molar-refractivity contribution is 6.35. The van der Waals surface area contributed by atoms with E-state index in [1.165, 1.54) is 0 Å². The van der Waals surface area contributed by atoms with Gasteiger partial charge in [-0.25, -0.2) is 0 Å². The maximum Gasteiger partial charge on any atom is 0.309 e. The molecule has 0 radical (unpaired) electrons. The van der Waals surface area contributed by atoms with Crippen molar-refractivity contribution in [1.82, 2.24) is 10.6 Å². The molecule has 10 heavy (non-hydrogen) atoms. The third-order valence-corrected chi connectivity index (χ3v) is 1.35. The van der Waals surface area contributed by atoms with Crippen molar-refractivity contribution in [1.29, 1.82) is 0 Å². The van der Waals surface area contributed by atoms with Crippen molar-refractivity contribution in [2.24, 2.45) is 0 Å². The minimum Gasteiger partial charge on any atom is -0.346 e. The van der Waals surface area contributed by atoms with Gasteiger partial charge >= 0.3 is 11.8 Å². The summed E-state index contributed by atoms with van der Waals surface area (Å²) >= 11 is 0. The highest BCUT2D eigenvalue weighted by Crippen LogP contribution is 2.02. The molecule has 1 aliphatic heterocycles. The lowest BCUT2D eigenvalue weighted by Gasteiger charge is -2.30. The molecule has 4 heteroatoms. The zero-order valence-electron chi connectivity index (χ0n) is 6.02. The molecule has 0 saturated carbocycles. The second-order valence-electron chi connectivity index (χ2n) is 3.02. The number of hydrogen-bond donors (Lipinski definition) is 2. The molecule has 0 aromatic rings. The van der Waals surface area contributed by atoms with Gasteiger partial charge in [0.05, 0.1) is 5.54 Å². The van der Waals surface area contributed by atoms with E-state index in [0.29, 0.717) is 6.54 Å². The number of carbonyl (C=O) groups excluding carboxylic acids is 2. The van der Waals surface area contributed by atoms with Gasteiger partial charge in [-0.1, -0.05) is 0 Å². The van der Waals surface area contributed by atoms with Crippen molar-refractivity contribution in [3.05, 3.63) is 0 Å². The molecule has 0 atom stereocenters. The van der Waals surface area contributed by atoms with Crippen LogP contribution in [0, 0.1) is 0 Å². The van der Waals surface area contributed by atoms with Gasteiger partial charge < -0.3 is 10.6 Å². The Morgan fingerprint density at radius 2 is 1.90 bits per heavy atom. The van der Waals surface area contributed by atoms with Crippen LogP contribution in [0.4, 0.5) is 0 Å². The Morgan fingerprint density at radius 1 is 1.30 bits per heavy atom. The molecule has 1 rings (SSSR count). The van der Waals surface area contributed by atoms with Crippen LogP contribution < -0.4 is 10.6 Å². The number of nitrogens with one attached hydrogen (secondary N) is 2. The molecule has 1 heterocycles. The summed E-state index contributed by atoms with van der Waals surface area (Å²) in [5.41, 5.74) is -0.301. The summed E-state index contributed by atoms with van der Waals surface area (Å²) in [6, 6.07) is 0. The quantitative estimate of drug-likeness (QED) is 0.427. The number of piperazine rings is 1. The van der Waals surface area contributed by atoms with Crippen molar-refractivity contribution < 1.29 is 9.59 Å². The van der Waals surface area contributed by atoms with E-state index in [0.717, 1.165) is 0 Å². The zero-order chi connectivity index (χ0) is 7.78. The summed E-state index contributed by atoms with van der Waals surface area (Å²) in [5, 5.41) is 5.03. The van der Waals surface area contributed by atoms with Crippen LogP contribution in [0.3, 0.4) is 0 Å². The first-order valence-corrected chi connectivity index (χ1v) is 3.12. The Morgan fingerprint density at radius 3 is 2.30 bits per heavy atom. The molecule has 1 fully saturated rings. The van der Waals surface area contributed by atoms with Gasteiger partial charge in [0.1, 0.15) is 0 Å². The van der Waals surface area contributed by atoms with Crippen LogP contribution in [0.25, 0.3) is 0 Å². The lowest BCUT2D eigenvalue weighted by molar-refractivity contribution is -0.142. The predicted octanol–water partition coefficient (Wildman–Crippen LogP) is -0.989. The van der Waals surface area contributed by atoms with Crippen molar-refractivity contribution in [2.45, 2.75) is 19.4 Å². The largest absolute Gasteiger partial charge is 0.346 e. The molecule has 2 amide bonds. The normalized spacial score (nSPS) is 23.4. The topological polar surface area (TPSA) is 58.2 Å². The first kappa shape index (κ1) is 7.05. The van der Waals surface area contributed by atoms with Gasteiger partial charge in [0, 0.05) is 6.54 Å². The van der Waals surface area contributed by atoms with E-state index in [9.17, 15) is 9.59 Å². The van der Waals surface area contributed by atoms with E-state index in [-0.39, 0.29) is 5.54 Å². The first-order chi connectivity index (χ1) is 4.51. The minimum atomic E-state index is -0.545. The van der Waals surface area contributed by atoms with Gasteiger partial charge in [-0.2, -0.15) is 0 Å². The average molecular weight is 142 g/mol. The SMILES string of the molecule is CC1(C)CNC(=O)C(=O)N1. The molecule has 1 saturated heterocycles. The van der Waals surface area contributed by atoms with Gasteiger partial charge in [-0.15, -0.1) is 0 Å². The fourth-order valence-corrected chi connectivity index (χ4v) is 0.790. The lowest BCUT2D eigenvalue weighted by atomic mass is 10.0. The van der Waals surface area contributed by atoms with Crippen LogP contribution in [0.1, 0.15) is 13.8 Å².